The summed E-state index contributed by atoms with van der Waals surface area (Å²) in [6.07, 6.45) is 1.70. The minimum absolute atomic E-state index is 0.00837. The average molecular weight is 821 g/mol. The van der Waals surface area contributed by atoms with E-state index < -0.39 is 35.4 Å². The number of hydrogen-bond acceptors (Lipinski definition) is 10. The first-order valence-corrected chi connectivity index (χ1v) is 21.1. The van der Waals surface area contributed by atoms with Crippen LogP contribution in [0.25, 0.3) is 32.6 Å². The molecule has 0 saturated carbocycles. The maximum atomic E-state index is 13.9. The Labute approximate surface area is 351 Å². The van der Waals surface area contributed by atoms with E-state index >= 15 is 0 Å². The minimum Gasteiger partial charge on any atom is -0.494 e. The highest BCUT2D eigenvalue weighted by Gasteiger charge is 2.44. The summed E-state index contributed by atoms with van der Waals surface area (Å²) in [5.74, 6) is -0.390. The highest BCUT2D eigenvalue weighted by atomic mass is 32.1. The number of hydrogen-bond donors (Lipinski definition) is 3. The molecule has 5 aromatic rings. The summed E-state index contributed by atoms with van der Waals surface area (Å²) < 4.78 is 11.7. The number of likely N-dealkylation sites (tertiary alicyclic amines) is 1. The van der Waals surface area contributed by atoms with Crippen LogP contribution >= 0.6 is 11.3 Å². The second-order valence-electron chi connectivity index (χ2n) is 16.4. The number of thiazole rings is 1. The number of rotatable bonds is 17. The summed E-state index contributed by atoms with van der Waals surface area (Å²) in [5, 5.41) is 17.3. The quantitative estimate of drug-likeness (QED) is 0.0866. The lowest BCUT2D eigenvalue weighted by molar-refractivity contribution is -0.144. The first-order chi connectivity index (χ1) is 28.3. The molecule has 3 atom stereocenters. The van der Waals surface area contributed by atoms with Gasteiger partial charge in [-0.2, -0.15) is 0 Å². The Balaban J connectivity index is 0.905. The van der Waals surface area contributed by atoms with Crippen molar-refractivity contribution in [2.75, 3.05) is 45.4 Å². The van der Waals surface area contributed by atoms with Gasteiger partial charge < -0.3 is 35.0 Å². The number of ether oxygens (including phenoxy) is 2. The van der Waals surface area contributed by atoms with Crippen LogP contribution in [0.3, 0.4) is 0 Å². The van der Waals surface area contributed by atoms with Gasteiger partial charge in [0, 0.05) is 56.8 Å². The molecule has 0 bridgehead atoms. The van der Waals surface area contributed by atoms with E-state index in [1.54, 1.807) is 11.3 Å². The van der Waals surface area contributed by atoms with E-state index in [-0.39, 0.29) is 32.0 Å². The third kappa shape index (κ3) is 11.4. The van der Waals surface area contributed by atoms with Crippen LogP contribution in [0.5, 0.6) is 5.75 Å². The minimum atomic E-state index is -0.924. The summed E-state index contributed by atoms with van der Waals surface area (Å²) in [6, 6.07) is 24.5. The van der Waals surface area contributed by atoms with Crippen LogP contribution in [0.4, 0.5) is 5.69 Å². The van der Waals surface area contributed by atoms with Gasteiger partial charge in [0.15, 0.2) is 0 Å². The molecule has 3 aromatic carbocycles. The number of anilines is 1. The molecule has 0 aliphatic carbocycles. The number of aromatic nitrogens is 2. The van der Waals surface area contributed by atoms with Crippen molar-refractivity contribution in [3.63, 3.8) is 0 Å². The number of pyridine rings is 1. The molecular weight excluding hydrogens is 765 g/mol. The van der Waals surface area contributed by atoms with Gasteiger partial charge in [-0.3, -0.25) is 14.4 Å². The number of carbonyl (C=O) groups is 3. The molecule has 2 aromatic heterocycles. The zero-order valence-corrected chi connectivity index (χ0v) is 35.7. The second-order valence-corrected chi connectivity index (χ2v) is 17.3. The van der Waals surface area contributed by atoms with Crippen LogP contribution < -0.4 is 20.3 Å². The van der Waals surface area contributed by atoms with Gasteiger partial charge in [0.1, 0.15) is 24.4 Å². The molecule has 3 N–H and O–H groups in total. The first kappa shape index (κ1) is 43.2. The predicted molar refractivity (Wildman–Crippen MR) is 233 cm³/mol. The fourth-order valence-electron chi connectivity index (χ4n) is 7.11. The maximum Gasteiger partial charge on any atom is 0.246 e. The van der Waals surface area contributed by atoms with Crippen LogP contribution in [-0.4, -0.2) is 96.3 Å². The lowest BCUT2D eigenvalue weighted by Crippen LogP contribution is -2.58. The van der Waals surface area contributed by atoms with Gasteiger partial charge in [-0.25, -0.2) is 9.97 Å². The molecule has 1 fully saturated rings. The van der Waals surface area contributed by atoms with Crippen LogP contribution in [-0.2, 0) is 25.7 Å². The highest BCUT2D eigenvalue weighted by molar-refractivity contribution is 7.13. The van der Waals surface area contributed by atoms with Gasteiger partial charge in [0.25, 0.3) is 0 Å². The molecule has 3 amide bonds. The van der Waals surface area contributed by atoms with E-state index in [1.807, 2.05) is 95.8 Å². The Kier molecular flexibility index (Phi) is 14.3. The fraction of sp³-hybridized carbons (Fsp3) is 0.413. The van der Waals surface area contributed by atoms with Crippen LogP contribution in [0.1, 0.15) is 57.7 Å². The predicted octanol–water partition coefficient (Wildman–Crippen LogP) is 6.77. The number of unbranched alkanes of at least 4 members (excludes halogenated alkanes) is 2. The van der Waals surface area contributed by atoms with Crippen molar-refractivity contribution in [3.8, 4) is 27.4 Å². The fourth-order valence-corrected chi connectivity index (χ4v) is 7.92. The molecule has 59 heavy (non-hydrogen) atoms. The number of carbonyl (C=O) groups excluding carboxylic acids is 3. The standard InChI is InChI=1S/C46H56N6O6S/c1-30-42(59-29-48-30)33-12-10-31(11-13-33)26-47-44(55)40-25-36(53)27-52(40)45(56)43(46(2,3)4)50-41(54)28-57-22-8-7-9-23-58-37-19-21-39-34(24-37)16-20-38(49-39)32-14-17-35(18-15-32)51(5)6/h10-21,24,29,36,40,43,53H,7-9,22-23,25-28H2,1-6H3,(H,47,55)(H,50,54)/t36-,40+,43-/m1/s1. The monoisotopic (exact) mass is 820 g/mol. The van der Waals surface area contributed by atoms with Gasteiger partial charge >= 0.3 is 0 Å². The zero-order valence-electron chi connectivity index (χ0n) is 34.9. The summed E-state index contributed by atoms with van der Waals surface area (Å²) in [7, 11) is 4.05. The molecular formula is C46H56N6O6S. The summed E-state index contributed by atoms with van der Waals surface area (Å²) in [4.78, 5) is 54.1. The average Bonchev–Trinajstić information content (AvgIpc) is 3.84. The lowest BCUT2D eigenvalue weighted by atomic mass is 9.85. The molecule has 312 valence electrons. The number of aliphatic hydroxyl groups is 1. The molecule has 1 aliphatic rings. The molecule has 1 aliphatic heterocycles. The SMILES string of the molecule is Cc1ncsc1-c1ccc(CNC(=O)[C@@H]2C[C@@H](O)CN2C(=O)[C@@H](NC(=O)COCCCCCOc2ccc3nc(-c4ccc(N(C)C)cc4)ccc3c2)C(C)(C)C)cc1. The Hall–Kier alpha value is -5.37. The molecule has 1 saturated heterocycles. The smallest absolute Gasteiger partial charge is 0.246 e. The second kappa shape index (κ2) is 19.6. The number of aliphatic hydroxyl groups excluding tert-OH is 1. The van der Waals surface area contributed by atoms with Crippen LogP contribution in [0, 0.1) is 12.3 Å². The van der Waals surface area contributed by atoms with Gasteiger partial charge in [0.2, 0.25) is 17.7 Å². The van der Waals surface area contributed by atoms with Crippen LogP contribution in [0.2, 0.25) is 0 Å². The summed E-state index contributed by atoms with van der Waals surface area (Å²) >= 11 is 1.58. The van der Waals surface area contributed by atoms with E-state index in [0.29, 0.717) is 13.2 Å². The van der Waals surface area contributed by atoms with Gasteiger partial charge in [-0.1, -0.05) is 63.2 Å². The number of nitrogens with zero attached hydrogens (tertiary/aromatic N) is 4. The summed E-state index contributed by atoms with van der Waals surface area (Å²) in [6.45, 7) is 8.57. The molecule has 0 radical (unpaired) electrons. The topological polar surface area (TPSA) is 146 Å². The Bertz CT molecular complexity index is 2200. The van der Waals surface area contributed by atoms with Crippen LogP contribution in [0.15, 0.2) is 84.4 Å². The maximum absolute atomic E-state index is 13.9. The molecule has 6 rings (SSSR count). The third-order valence-corrected chi connectivity index (χ3v) is 11.5. The van der Waals surface area contributed by atoms with Crippen molar-refractivity contribution in [2.45, 2.75) is 78.1 Å². The van der Waals surface area contributed by atoms with E-state index in [4.69, 9.17) is 14.5 Å². The number of amides is 3. The van der Waals surface area contributed by atoms with Crippen molar-refractivity contribution < 1.29 is 29.0 Å². The van der Waals surface area contributed by atoms with Crippen molar-refractivity contribution in [1.82, 2.24) is 25.5 Å². The number of fused-ring (bicyclic) bond motifs is 1. The van der Waals surface area contributed by atoms with Crippen molar-refractivity contribution in [2.24, 2.45) is 5.41 Å². The zero-order chi connectivity index (χ0) is 42.1. The molecule has 3 heterocycles. The first-order valence-electron chi connectivity index (χ1n) is 20.2. The Morgan fingerprint density at radius 1 is 0.949 bits per heavy atom. The highest BCUT2D eigenvalue weighted by Crippen LogP contribution is 2.29. The lowest BCUT2D eigenvalue weighted by Gasteiger charge is -2.35. The van der Waals surface area contributed by atoms with Gasteiger partial charge in [-0.05, 0) is 79.1 Å². The van der Waals surface area contributed by atoms with Gasteiger partial charge in [0.05, 0.1) is 40.0 Å². The van der Waals surface area contributed by atoms with Crippen molar-refractivity contribution in [3.05, 3.63) is 95.6 Å². The van der Waals surface area contributed by atoms with Crippen molar-refractivity contribution in [1.29, 1.82) is 0 Å². The molecule has 13 heteroatoms. The molecule has 0 unspecified atom stereocenters. The normalized spacial score (nSPS) is 15.9. The van der Waals surface area contributed by atoms with E-state index in [9.17, 15) is 19.5 Å². The van der Waals surface area contributed by atoms with E-state index in [1.165, 1.54) is 4.90 Å². The Morgan fingerprint density at radius 2 is 1.68 bits per heavy atom. The largest absolute Gasteiger partial charge is 0.494 e. The molecule has 0 spiro atoms. The number of nitrogens with one attached hydrogen (secondary N) is 2. The van der Waals surface area contributed by atoms with Gasteiger partial charge in [-0.15, -0.1) is 11.3 Å². The number of benzene rings is 3. The third-order valence-electron chi connectivity index (χ3n) is 10.5. The molecule has 12 nitrogen and oxygen atoms in total. The number of aryl methyl sites for hydroxylation is 1. The number of β-amino-alcohol motifs (C(OH)–C–C–N with tert-alkyl or cyclic N) is 1. The van der Waals surface area contributed by atoms with E-state index in [2.05, 4.69) is 50.8 Å². The van der Waals surface area contributed by atoms with Crippen molar-refractivity contribution >= 4 is 45.6 Å². The van der Waals surface area contributed by atoms with E-state index in [0.717, 1.165) is 74.6 Å². The summed E-state index contributed by atoms with van der Waals surface area (Å²) in [5.41, 5.74) is 8.14. The Morgan fingerprint density at radius 3 is 2.37 bits per heavy atom.